The van der Waals surface area contributed by atoms with Crippen LogP contribution in [-0.4, -0.2) is 50.1 Å². The topological polar surface area (TPSA) is 44.4 Å². The zero-order chi connectivity index (χ0) is 13.7. The molecule has 2 saturated heterocycles. The Kier molecular flexibility index (Phi) is 5.22. The van der Waals surface area contributed by atoms with Gasteiger partial charge in [0.1, 0.15) is 0 Å². The lowest BCUT2D eigenvalue weighted by Crippen LogP contribution is -2.44. The number of amides is 1. The standard InChI is InChI=1S/C15H29N3O/c1-3-7-17-14(19)13-4-9-18(10-5-13)12-15(2)6-8-16-11-15/h13,16H,3-12H2,1-2H3,(H,17,19). The van der Waals surface area contributed by atoms with Crippen molar-refractivity contribution >= 4 is 5.91 Å². The lowest BCUT2D eigenvalue weighted by Gasteiger charge is -2.36. The average molecular weight is 267 g/mol. The van der Waals surface area contributed by atoms with E-state index in [1.54, 1.807) is 0 Å². The number of nitrogens with zero attached hydrogens (tertiary/aromatic N) is 1. The molecule has 0 spiro atoms. The van der Waals surface area contributed by atoms with Crippen molar-refractivity contribution in [3.63, 3.8) is 0 Å². The Hall–Kier alpha value is -0.610. The number of nitrogens with one attached hydrogen (secondary N) is 2. The van der Waals surface area contributed by atoms with E-state index in [1.165, 1.54) is 13.0 Å². The summed E-state index contributed by atoms with van der Waals surface area (Å²) in [6, 6.07) is 0. The Morgan fingerprint density at radius 2 is 2.16 bits per heavy atom. The molecule has 0 aromatic heterocycles. The summed E-state index contributed by atoms with van der Waals surface area (Å²) in [7, 11) is 0. The molecule has 1 unspecified atom stereocenters. The first-order valence-corrected chi connectivity index (χ1v) is 7.84. The van der Waals surface area contributed by atoms with Gasteiger partial charge in [0.05, 0.1) is 0 Å². The molecule has 0 aliphatic carbocycles. The summed E-state index contributed by atoms with van der Waals surface area (Å²) in [5.74, 6) is 0.521. The van der Waals surface area contributed by atoms with Gasteiger partial charge in [-0.15, -0.1) is 0 Å². The lowest BCUT2D eigenvalue weighted by molar-refractivity contribution is -0.126. The van der Waals surface area contributed by atoms with Crippen LogP contribution in [0.4, 0.5) is 0 Å². The monoisotopic (exact) mass is 267 g/mol. The number of carbonyl (C=O) groups is 1. The van der Waals surface area contributed by atoms with Crippen molar-refractivity contribution in [2.24, 2.45) is 11.3 Å². The van der Waals surface area contributed by atoms with Crippen molar-refractivity contribution in [2.45, 2.75) is 39.5 Å². The summed E-state index contributed by atoms with van der Waals surface area (Å²) in [5, 5.41) is 6.49. The minimum Gasteiger partial charge on any atom is -0.356 e. The highest BCUT2D eigenvalue weighted by molar-refractivity contribution is 5.78. The van der Waals surface area contributed by atoms with Crippen LogP contribution < -0.4 is 10.6 Å². The summed E-state index contributed by atoms with van der Waals surface area (Å²) in [5.41, 5.74) is 0.442. The second-order valence-electron chi connectivity index (χ2n) is 6.58. The molecule has 0 aromatic carbocycles. The number of carbonyl (C=O) groups excluding carboxylic acids is 1. The number of likely N-dealkylation sites (tertiary alicyclic amines) is 1. The van der Waals surface area contributed by atoms with Gasteiger partial charge in [0, 0.05) is 25.6 Å². The van der Waals surface area contributed by atoms with Crippen molar-refractivity contribution in [1.29, 1.82) is 0 Å². The van der Waals surface area contributed by atoms with E-state index < -0.39 is 0 Å². The maximum atomic E-state index is 11.9. The molecular weight excluding hydrogens is 238 g/mol. The Morgan fingerprint density at radius 3 is 2.74 bits per heavy atom. The Bertz CT molecular complexity index is 292. The molecule has 2 aliphatic rings. The molecule has 2 aliphatic heterocycles. The van der Waals surface area contributed by atoms with Gasteiger partial charge in [-0.3, -0.25) is 4.79 Å². The second kappa shape index (κ2) is 6.71. The van der Waals surface area contributed by atoms with E-state index in [-0.39, 0.29) is 11.8 Å². The first kappa shape index (κ1) is 14.8. The molecule has 19 heavy (non-hydrogen) atoms. The van der Waals surface area contributed by atoms with E-state index in [4.69, 9.17) is 0 Å². The van der Waals surface area contributed by atoms with Crippen molar-refractivity contribution in [3.05, 3.63) is 0 Å². The molecule has 2 heterocycles. The maximum Gasteiger partial charge on any atom is 0.223 e. The molecule has 0 aromatic rings. The largest absolute Gasteiger partial charge is 0.356 e. The molecule has 110 valence electrons. The Balaban J connectivity index is 1.71. The van der Waals surface area contributed by atoms with Gasteiger partial charge in [-0.2, -0.15) is 0 Å². The molecule has 2 fully saturated rings. The number of piperidine rings is 1. The molecule has 0 bridgehead atoms. The molecule has 2 N–H and O–H groups in total. The van der Waals surface area contributed by atoms with Gasteiger partial charge in [-0.05, 0) is 50.7 Å². The van der Waals surface area contributed by atoms with Crippen molar-refractivity contribution in [2.75, 3.05) is 39.3 Å². The predicted molar refractivity (Wildman–Crippen MR) is 78.1 cm³/mol. The fourth-order valence-corrected chi connectivity index (χ4v) is 3.29. The molecule has 1 amide bonds. The minimum atomic E-state index is 0.248. The quantitative estimate of drug-likeness (QED) is 0.787. The maximum absolute atomic E-state index is 11.9. The van der Waals surface area contributed by atoms with Crippen LogP contribution in [0, 0.1) is 11.3 Å². The van der Waals surface area contributed by atoms with Crippen LogP contribution in [0.15, 0.2) is 0 Å². The van der Waals surface area contributed by atoms with Crippen LogP contribution in [0.25, 0.3) is 0 Å². The summed E-state index contributed by atoms with van der Waals surface area (Å²) in [4.78, 5) is 14.5. The molecule has 1 atom stereocenters. The van der Waals surface area contributed by atoms with Gasteiger partial charge in [-0.25, -0.2) is 0 Å². The van der Waals surface area contributed by atoms with E-state index in [9.17, 15) is 4.79 Å². The molecular formula is C15H29N3O. The van der Waals surface area contributed by atoms with E-state index in [2.05, 4.69) is 29.4 Å². The van der Waals surface area contributed by atoms with Crippen LogP contribution in [0.1, 0.15) is 39.5 Å². The number of rotatable bonds is 5. The van der Waals surface area contributed by atoms with Gasteiger partial charge in [0.2, 0.25) is 5.91 Å². The molecule has 2 rings (SSSR count). The van der Waals surface area contributed by atoms with Gasteiger partial charge in [0.15, 0.2) is 0 Å². The van der Waals surface area contributed by atoms with Crippen molar-refractivity contribution < 1.29 is 4.79 Å². The smallest absolute Gasteiger partial charge is 0.223 e. The predicted octanol–water partition coefficient (Wildman–Crippen LogP) is 1.22. The van der Waals surface area contributed by atoms with E-state index >= 15 is 0 Å². The number of hydrogen-bond acceptors (Lipinski definition) is 3. The summed E-state index contributed by atoms with van der Waals surface area (Å²) in [6.07, 6.45) is 4.36. The van der Waals surface area contributed by atoms with Crippen molar-refractivity contribution in [3.8, 4) is 0 Å². The normalized spacial score (nSPS) is 29.6. The van der Waals surface area contributed by atoms with E-state index in [0.29, 0.717) is 5.41 Å². The van der Waals surface area contributed by atoms with Crippen LogP contribution in [0.3, 0.4) is 0 Å². The minimum absolute atomic E-state index is 0.248. The third-order valence-corrected chi connectivity index (χ3v) is 4.57. The molecule has 4 nitrogen and oxygen atoms in total. The number of hydrogen-bond donors (Lipinski definition) is 2. The highest BCUT2D eigenvalue weighted by atomic mass is 16.1. The van der Waals surface area contributed by atoms with Gasteiger partial charge in [-0.1, -0.05) is 13.8 Å². The summed E-state index contributed by atoms with van der Waals surface area (Å²) < 4.78 is 0. The summed E-state index contributed by atoms with van der Waals surface area (Å²) >= 11 is 0. The lowest BCUT2D eigenvalue weighted by atomic mass is 9.87. The fourth-order valence-electron chi connectivity index (χ4n) is 3.29. The van der Waals surface area contributed by atoms with E-state index in [0.717, 1.165) is 52.0 Å². The first-order chi connectivity index (χ1) is 9.13. The van der Waals surface area contributed by atoms with Gasteiger partial charge >= 0.3 is 0 Å². The van der Waals surface area contributed by atoms with Gasteiger partial charge < -0.3 is 15.5 Å². The fraction of sp³-hybridized carbons (Fsp3) is 0.933. The third-order valence-electron chi connectivity index (χ3n) is 4.57. The first-order valence-electron chi connectivity index (χ1n) is 7.84. The molecule has 0 saturated carbocycles. The van der Waals surface area contributed by atoms with Crippen molar-refractivity contribution in [1.82, 2.24) is 15.5 Å². The second-order valence-corrected chi connectivity index (χ2v) is 6.58. The van der Waals surface area contributed by atoms with Crippen LogP contribution in [0.2, 0.25) is 0 Å². The zero-order valence-electron chi connectivity index (χ0n) is 12.5. The molecule has 4 heteroatoms. The average Bonchev–Trinajstić information content (AvgIpc) is 2.83. The Morgan fingerprint density at radius 1 is 1.42 bits per heavy atom. The van der Waals surface area contributed by atoms with Gasteiger partial charge in [0.25, 0.3) is 0 Å². The van der Waals surface area contributed by atoms with Crippen LogP contribution >= 0.6 is 0 Å². The SMILES string of the molecule is CCCNC(=O)C1CCN(CC2(C)CCNC2)CC1. The molecule has 0 radical (unpaired) electrons. The third kappa shape index (κ3) is 4.18. The van der Waals surface area contributed by atoms with Crippen LogP contribution in [-0.2, 0) is 4.79 Å². The van der Waals surface area contributed by atoms with Crippen LogP contribution in [0.5, 0.6) is 0 Å². The zero-order valence-corrected chi connectivity index (χ0v) is 12.5. The highest BCUT2D eigenvalue weighted by Gasteiger charge is 2.33. The highest BCUT2D eigenvalue weighted by Crippen LogP contribution is 2.28. The van der Waals surface area contributed by atoms with E-state index in [1.807, 2.05) is 0 Å². The summed E-state index contributed by atoms with van der Waals surface area (Å²) in [6.45, 7) is 11.0. The Labute approximate surface area is 117 Å².